The molecule has 0 spiro atoms. The van der Waals surface area contributed by atoms with Gasteiger partial charge in [0.2, 0.25) is 5.82 Å². The lowest BCUT2D eigenvalue weighted by molar-refractivity contribution is 0.0375. The van der Waals surface area contributed by atoms with E-state index >= 15 is 0 Å². The van der Waals surface area contributed by atoms with Crippen LogP contribution >= 0.6 is 0 Å². The number of rotatable bonds is 6. The van der Waals surface area contributed by atoms with E-state index in [1.54, 1.807) is 12.1 Å². The maximum atomic E-state index is 12.0. The monoisotopic (exact) mass is 293 g/mol. The predicted molar refractivity (Wildman–Crippen MR) is 71.1 cm³/mol. The van der Waals surface area contributed by atoms with Crippen molar-refractivity contribution in [3.8, 4) is 11.4 Å². The smallest absolute Gasteiger partial charge is 0.251 e. The summed E-state index contributed by atoms with van der Waals surface area (Å²) in [4.78, 5) is 12.0. The second-order valence-corrected chi connectivity index (χ2v) is 4.52. The topological polar surface area (TPSA) is 144 Å². The highest BCUT2D eigenvalue weighted by molar-refractivity contribution is 5.95. The minimum Gasteiger partial charge on any atom is -0.394 e. The number of amides is 1. The first-order valence-corrected chi connectivity index (χ1v) is 6.13. The Hall–Kier alpha value is -2.36. The number of carbonyl (C=O) groups is 1. The van der Waals surface area contributed by atoms with Crippen LogP contribution < -0.4 is 5.32 Å². The van der Waals surface area contributed by atoms with Crippen LogP contribution in [0.4, 0.5) is 0 Å². The molecule has 0 unspecified atom stereocenters. The summed E-state index contributed by atoms with van der Waals surface area (Å²) in [6, 6.07) is 6.35. The molecule has 5 N–H and O–H groups in total. The average molecular weight is 293 g/mol. The highest BCUT2D eigenvalue weighted by Crippen LogP contribution is 2.14. The maximum Gasteiger partial charge on any atom is 0.251 e. The van der Waals surface area contributed by atoms with Crippen molar-refractivity contribution in [2.45, 2.75) is 5.54 Å². The molecule has 0 aliphatic carbocycles. The van der Waals surface area contributed by atoms with Crippen molar-refractivity contribution < 1.29 is 20.1 Å². The molecule has 1 amide bonds. The largest absolute Gasteiger partial charge is 0.394 e. The highest BCUT2D eigenvalue weighted by atomic mass is 16.3. The number of aliphatic hydroxyl groups excluding tert-OH is 3. The van der Waals surface area contributed by atoms with Crippen molar-refractivity contribution in [3.63, 3.8) is 0 Å². The van der Waals surface area contributed by atoms with E-state index < -0.39 is 31.3 Å². The molecule has 0 aliphatic heterocycles. The number of carbonyl (C=O) groups excluding carboxylic acids is 1. The van der Waals surface area contributed by atoms with Gasteiger partial charge in [0.05, 0.1) is 19.8 Å². The minimum absolute atomic E-state index is 0.307. The van der Waals surface area contributed by atoms with Crippen molar-refractivity contribution in [2.24, 2.45) is 0 Å². The average Bonchev–Trinajstić information content (AvgIpc) is 3.07. The molecule has 1 aromatic heterocycles. The Morgan fingerprint density at radius 3 is 2.24 bits per heavy atom. The molecule has 2 aromatic rings. The number of nitrogens with zero attached hydrogens (tertiary/aromatic N) is 3. The summed E-state index contributed by atoms with van der Waals surface area (Å²) in [6.45, 7) is -1.73. The lowest BCUT2D eigenvalue weighted by Gasteiger charge is -2.28. The fourth-order valence-electron chi connectivity index (χ4n) is 1.64. The van der Waals surface area contributed by atoms with Crippen molar-refractivity contribution in [2.75, 3.05) is 19.8 Å². The quantitative estimate of drug-likeness (QED) is 0.427. The van der Waals surface area contributed by atoms with E-state index in [1.165, 1.54) is 12.1 Å². The van der Waals surface area contributed by atoms with Gasteiger partial charge in [-0.3, -0.25) is 4.79 Å². The summed E-state index contributed by atoms with van der Waals surface area (Å²) in [6.07, 6.45) is 0. The summed E-state index contributed by atoms with van der Waals surface area (Å²) in [5, 5.41) is 43.3. The van der Waals surface area contributed by atoms with Gasteiger partial charge in [-0.15, -0.1) is 10.2 Å². The third kappa shape index (κ3) is 3.21. The van der Waals surface area contributed by atoms with Crippen LogP contribution in [0, 0.1) is 0 Å². The molecule has 1 heterocycles. The standard InChI is InChI=1S/C12H15N5O4/c18-5-12(6-19,7-20)13-11(21)9-3-1-8(2-4-9)10-14-16-17-15-10/h1-4,18-20H,5-7H2,(H,13,21)(H,14,15,16,17). The number of hydrogen-bond donors (Lipinski definition) is 5. The molecule has 2 rings (SSSR count). The van der Waals surface area contributed by atoms with E-state index in [0.29, 0.717) is 17.0 Å². The Labute approximate surface area is 119 Å². The molecule has 0 saturated heterocycles. The van der Waals surface area contributed by atoms with Gasteiger partial charge in [0.15, 0.2) is 0 Å². The van der Waals surface area contributed by atoms with Crippen LogP contribution in [0.3, 0.4) is 0 Å². The molecule has 0 atom stereocenters. The molecule has 0 aliphatic rings. The first-order chi connectivity index (χ1) is 10.1. The van der Waals surface area contributed by atoms with Crippen LogP contribution in [0.1, 0.15) is 10.4 Å². The van der Waals surface area contributed by atoms with E-state index in [2.05, 4.69) is 25.9 Å². The van der Waals surface area contributed by atoms with Crippen molar-refractivity contribution >= 4 is 5.91 Å². The third-order valence-corrected chi connectivity index (χ3v) is 3.04. The Balaban J connectivity index is 2.13. The highest BCUT2D eigenvalue weighted by Gasteiger charge is 2.30. The zero-order valence-electron chi connectivity index (χ0n) is 11.0. The fourth-order valence-corrected chi connectivity index (χ4v) is 1.64. The SMILES string of the molecule is O=C(NC(CO)(CO)CO)c1ccc(-c2nn[nH]n2)cc1. The van der Waals surface area contributed by atoms with E-state index in [9.17, 15) is 20.1 Å². The second-order valence-electron chi connectivity index (χ2n) is 4.52. The lowest BCUT2D eigenvalue weighted by Crippen LogP contribution is -2.57. The number of aliphatic hydroxyl groups is 3. The van der Waals surface area contributed by atoms with Gasteiger partial charge in [-0.1, -0.05) is 12.1 Å². The van der Waals surface area contributed by atoms with Gasteiger partial charge in [0.1, 0.15) is 5.54 Å². The Morgan fingerprint density at radius 2 is 1.76 bits per heavy atom. The molecule has 9 heteroatoms. The number of hydrogen-bond acceptors (Lipinski definition) is 7. The molecular weight excluding hydrogens is 278 g/mol. The number of nitrogens with one attached hydrogen (secondary N) is 2. The van der Waals surface area contributed by atoms with Crippen LogP contribution in [0.15, 0.2) is 24.3 Å². The van der Waals surface area contributed by atoms with Gasteiger partial charge in [-0.2, -0.15) is 5.21 Å². The number of benzene rings is 1. The van der Waals surface area contributed by atoms with Crippen LogP contribution in [-0.2, 0) is 0 Å². The maximum absolute atomic E-state index is 12.0. The first-order valence-electron chi connectivity index (χ1n) is 6.13. The van der Waals surface area contributed by atoms with Gasteiger partial charge < -0.3 is 20.6 Å². The zero-order chi connectivity index (χ0) is 15.3. The fraction of sp³-hybridized carbons (Fsp3) is 0.333. The van der Waals surface area contributed by atoms with Crippen molar-refractivity contribution in [1.82, 2.24) is 25.9 Å². The van der Waals surface area contributed by atoms with Gasteiger partial charge >= 0.3 is 0 Å². The molecule has 112 valence electrons. The first kappa shape index (κ1) is 15.0. The zero-order valence-corrected chi connectivity index (χ0v) is 11.0. The normalized spacial score (nSPS) is 11.4. The Morgan fingerprint density at radius 1 is 1.14 bits per heavy atom. The Bertz CT molecular complexity index is 572. The summed E-state index contributed by atoms with van der Waals surface area (Å²) < 4.78 is 0. The van der Waals surface area contributed by atoms with Gasteiger partial charge in [-0.05, 0) is 17.3 Å². The lowest BCUT2D eigenvalue weighted by atomic mass is 10.0. The van der Waals surface area contributed by atoms with Crippen molar-refractivity contribution in [3.05, 3.63) is 29.8 Å². The molecule has 0 fully saturated rings. The van der Waals surface area contributed by atoms with E-state index in [4.69, 9.17) is 0 Å². The molecule has 0 radical (unpaired) electrons. The third-order valence-electron chi connectivity index (χ3n) is 3.04. The second kappa shape index (κ2) is 6.39. The number of H-pyrrole nitrogens is 1. The molecule has 21 heavy (non-hydrogen) atoms. The van der Waals surface area contributed by atoms with Crippen molar-refractivity contribution in [1.29, 1.82) is 0 Å². The van der Waals surface area contributed by atoms with Gasteiger partial charge in [0, 0.05) is 11.1 Å². The molecule has 9 nitrogen and oxygen atoms in total. The molecular formula is C12H15N5O4. The molecule has 0 saturated carbocycles. The minimum atomic E-state index is -1.45. The van der Waals surface area contributed by atoms with Crippen LogP contribution in [-0.4, -0.2) is 67.2 Å². The summed E-state index contributed by atoms with van der Waals surface area (Å²) >= 11 is 0. The molecule has 1 aromatic carbocycles. The predicted octanol–water partition coefficient (Wildman–Crippen LogP) is -1.69. The van der Waals surface area contributed by atoms with E-state index in [1.807, 2.05) is 0 Å². The van der Waals surface area contributed by atoms with Crippen LogP contribution in [0.5, 0.6) is 0 Å². The number of aromatic nitrogens is 4. The summed E-state index contributed by atoms with van der Waals surface area (Å²) in [5.41, 5.74) is -0.469. The Kier molecular flexibility index (Phi) is 4.58. The molecule has 0 bridgehead atoms. The van der Waals surface area contributed by atoms with E-state index in [-0.39, 0.29) is 0 Å². The summed E-state index contributed by atoms with van der Waals surface area (Å²) in [7, 11) is 0. The van der Waals surface area contributed by atoms with Gasteiger partial charge in [-0.25, -0.2) is 0 Å². The van der Waals surface area contributed by atoms with E-state index in [0.717, 1.165) is 0 Å². The van der Waals surface area contributed by atoms with Gasteiger partial charge in [0.25, 0.3) is 5.91 Å². The number of aromatic amines is 1. The summed E-state index contributed by atoms with van der Waals surface area (Å²) in [5.74, 6) is -0.121. The van der Waals surface area contributed by atoms with Crippen LogP contribution in [0.25, 0.3) is 11.4 Å². The van der Waals surface area contributed by atoms with Crippen LogP contribution in [0.2, 0.25) is 0 Å². The number of tetrazole rings is 1.